The number of piperazine rings is 1. The van der Waals surface area contributed by atoms with Gasteiger partial charge in [0, 0.05) is 43.8 Å². The number of fused-ring (bicyclic) bond motifs is 1. The number of benzene rings is 1. The molecule has 0 radical (unpaired) electrons. The molecule has 1 saturated heterocycles. The molecule has 6 nitrogen and oxygen atoms in total. The molecule has 2 heterocycles. The molecular weight excluding hydrogens is 318 g/mol. The van der Waals surface area contributed by atoms with Gasteiger partial charge in [0.2, 0.25) is 0 Å². The molecule has 3 rings (SSSR count). The van der Waals surface area contributed by atoms with E-state index in [9.17, 15) is 9.59 Å². The fourth-order valence-corrected chi connectivity index (χ4v) is 3.35. The Kier molecular flexibility index (Phi) is 4.73. The predicted molar refractivity (Wildman–Crippen MR) is 95.4 cm³/mol. The molecule has 2 atom stereocenters. The molecule has 2 aliphatic rings. The lowest BCUT2D eigenvalue weighted by Crippen LogP contribution is -2.60. The van der Waals surface area contributed by atoms with Crippen LogP contribution >= 0.6 is 0 Å². The molecule has 2 unspecified atom stereocenters. The summed E-state index contributed by atoms with van der Waals surface area (Å²) in [5.74, 6) is 0.0693. The second-order valence-electron chi connectivity index (χ2n) is 7.93. The number of nitrogens with zero attached hydrogens (tertiary/aromatic N) is 2. The maximum Gasteiger partial charge on any atom is 0.410 e. The Morgan fingerprint density at radius 1 is 1.32 bits per heavy atom. The molecule has 0 bridgehead atoms. The van der Waals surface area contributed by atoms with Gasteiger partial charge in [-0.3, -0.25) is 4.79 Å². The van der Waals surface area contributed by atoms with Crippen LogP contribution in [0.15, 0.2) is 24.3 Å². The van der Waals surface area contributed by atoms with E-state index in [0.717, 1.165) is 11.1 Å². The van der Waals surface area contributed by atoms with Crippen LogP contribution in [0.1, 0.15) is 43.6 Å². The van der Waals surface area contributed by atoms with Crippen LogP contribution in [-0.4, -0.2) is 59.1 Å². The van der Waals surface area contributed by atoms with Crippen LogP contribution in [0.25, 0.3) is 0 Å². The Hall–Kier alpha value is -2.08. The summed E-state index contributed by atoms with van der Waals surface area (Å²) in [4.78, 5) is 28.6. The topological polar surface area (TPSA) is 61.9 Å². The molecule has 1 aromatic carbocycles. The SMILES string of the molecule is CC1CNC(CN2Cc3ccccc3C2=O)CN1C(=O)OC(C)(C)C. The van der Waals surface area contributed by atoms with Gasteiger partial charge < -0.3 is 19.9 Å². The lowest BCUT2D eigenvalue weighted by atomic mass is 10.1. The summed E-state index contributed by atoms with van der Waals surface area (Å²) >= 11 is 0. The van der Waals surface area contributed by atoms with E-state index < -0.39 is 5.60 Å². The van der Waals surface area contributed by atoms with Crippen molar-refractivity contribution in [2.75, 3.05) is 19.6 Å². The van der Waals surface area contributed by atoms with Gasteiger partial charge >= 0.3 is 6.09 Å². The Labute approximate surface area is 149 Å². The number of hydrogen-bond acceptors (Lipinski definition) is 4. The molecule has 1 N–H and O–H groups in total. The number of nitrogens with one attached hydrogen (secondary N) is 1. The van der Waals surface area contributed by atoms with Crippen molar-refractivity contribution in [2.45, 2.75) is 51.9 Å². The minimum absolute atomic E-state index is 0.0435. The maximum atomic E-state index is 12.5. The number of rotatable bonds is 2. The van der Waals surface area contributed by atoms with Crippen molar-refractivity contribution in [1.29, 1.82) is 0 Å². The summed E-state index contributed by atoms with van der Waals surface area (Å²) in [7, 11) is 0. The number of carbonyl (C=O) groups excluding carboxylic acids is 2. The van der Waals surface area contributed by atoms with Gasteiger partial charge in [0.25, 0.3) is 5.91 Å². The third-order valence-corrected chi connectivity index (χ3v) is 4.62. The van der Waals surface area contributed by atoms with Crippen molar-refractivity contribution in [2.24, 2.45) is 0 Å². The van der Waals surface area contributed by atoms with Crippen LogP contribution in [0.2, 0.25) is 0 Å². The lowest BCUT2D eigenvalue weighted by molar-refractivity contribution is 0.00817. The molecule has 6 heteroatoms. The zero-order valence-corrected chi connectivity index (χ0v) is 15.4. The van der Waals surface area contributed by atoms with Gasteiger partial charge in [0.1, 0.15) is 5.60 Å². The third kappa shape index (κ3) is 3.95. The molecular formula is C19H27N3O3. The summed E-state index contributed by atoms with van der Waals surface area (Å²) < 4.78 is 5.52. The van der Waals surface area contributed by atoms with Gasteiger partial charge in [0.05, 0.1) is 0 Å². The van der Waals surface area contributed by atoms with Crippen LogP contribution in [0.5, 0.6) is 0 Å². The highest BCUT2D eigenvalue weighted by Crippen LogP contribution is 2.23. The minimum atomic E-state index is -0.510. The predicted octanol–water partition coefficient (Wildman–Crippen LogP) is 2.24. The van der Waals surface area contributed by atoms with Gasteiger partial charge in [0.15, 0.2) is 0 Å². The summed E-state index contributed by atoms with van der Waals surface area (Å²) in [6.07, 6.45) is -0.289. The normalized spacial score (nSPS) is 23.6. The lowest BCUT2D eigenvalue weighted by Gasteiger charge is -2.40. The largest absolute Gasteiger partial charge is 0.444 e. The van der Waals surface area contributed by atoms with Crippen molar-refractivity contribution >= 4 is 12.0 Å². The second kappa shape index (κ2) is 6.67. The molecule has 0 spiro atoms. The highest BCUT2D eigenvalue weighted by atomic mass is 16.6. The zero-order chi connectivity index (χ0) is 18.2. The molecule has 2 amide bonds. The average molecular weight is 345 g/mol. The van der Waals surface area contributed by atoms with Crippen molar-refractivity contribution < 1.29 is 14.3 Å². The maximum absolute atomic E-state index is 12.5. The van der Waals surface area contributed by atoms with E-state index in [-0.39, 0.29) is 24.1 Å². The van der Waals surface area contributed by atoms with E-state index >= 15 is 0 Å². The first-order chi connectivity index (χ1) is 11.7. The number of hydrogen-bond donors (Lipinski definition) is 1. The van der Waals surface area contributed by atoms with Gasteiger partial charge in [-0.25, -0.2) is 4.79 Å². The van der Waals surface area contributed by atoms with Crippen molar-refractivity contribution in [3.63, 3.8) is 0 Å². The van der Waals surface area contributed by atoms with Crippen LogP contribution in [0, 0.1) is 0 Å². The standard InChI is InChI=1S/C19H27N3O3/c1-13-9-20-15(12-22(13)18(24)25-19(2,3)4)11-21-10-14-7-5-6-8-16(14)17(21)23/h5-8,13,15,20H,9-12H2,1-4H3. The Bertz CT molecular complexity index is 668. The van der Waals surface area contributed by atoms with Crippen LogP contribution in [0.3, 0.4) is 0 Å². The highest BCUT2D eigenvalue weighted by molar-refractivity contribution is 5.98. The van der Waals surface area contributed by atoms with Gasteiger partial charge in [-0.2, -0.15) is 0 Å². The summed E-state index contributed by atoms with van der Waals surface area (Å²) in [6.45, 7) is 10.1. The van der Waals surface area contributed by atoms with E-state index in [1.807, 2.05) is 56.9 Å². The first-order valence-corrected chi connectivity index (χ1v) is 8.85. The summed E-state index contributed by atoms with van der Waals surface area (Å²) in [6, 6.07) is 7.84. The minimum Gasteiger partial charge on any atom is -0.444 e. The molecule has 0 saturated carbocycles. The summed E-state index contributed by atoms with van der Waals surface area (Å²) in [5, 5.41) is 3.45. The first kappa shape index (κ1) is 17.7. The van der Waals surface area contributed by atoms with E-state index in [4.69, 9.17) is 4.74 Å². The van der Waals surface area contributed by atoms with E-state index in [2.05, 4.69) is 5.32 Å². The smallest absolute Gasteiger partial charge is 0.410 e. The fraction of sp³-hybridized carbons (Fsp3) is 0.579. The Morgan fingerprint density at radius 3 is 2.72 bits per heavy atom. The van der Waals surface area contributed by atoms with Crippen molar-refractivity contribution in [3.05, 3.63) is 35.4 Å². The Morgan fingerprint density at radius 2 is 2.04 bits per heavy atom. The molecule has 0 aromatic heterocycles. The monoisotopic (exact) mass is 345 g/mol. The molecule has 1 aromatic rings. The molecule has 25 heavy (non-hydrogen) atoms. The number of amides is 2. The molecule has 0 aliphatic carbocycles. The van der Waals surface area contributed by atoms with Crippen molar-refractivity contribution in [1.82, 2.24) is 15.1 Å². The van der Waals surface area contributed by atoms with Crippen LogP contribution < -0.4 is 5.32 Å². The average Bonchev–Trinajstić information content (AvgIpc) is 2.84. The molecule has 1 fully saturated rings. The van der Waals surface area contributed by atoms with Gasteiger partial charge in [-0.05, 0) is 39.3 Å². The molecule has 2 aliphatic heterocycles. The zero-order valence-electron chi connectivity index (χ0n) is 15.4. The highest BCUT2D eigenvalue weighted by Gasteiger charge is 2.35. The van der Waals surface area contributed by atoms with E-state index in [1.54, 1.807) is 4.90 Å². The van der Waals surface area contributed by atoms with Gasteiger partial charge in [-0.15, -0.1) is 0 Å². The number of ether oxygens (including phenoxy) is 1. The third-order valence-electron chi connectivity index (χ3n) is 4.62. The van der Waals surface area contributed by atoms with E-state index in [1.165, 1.54) is 0 Å². The quantitative estimate of drug-likeness (QED) is 0.893. The fourth-order valence-electron chi connectivity index (χ4n) is 3.35. The van der Waals surface area contributed by atoms with Gasteiger partial charge in [-0.1, -0.05) is 18.2 Å². The van der Waals surface area contributed by atoms with E-state index in [0.29, 0.717) is 26.2 Å². The summed E-state index contributed by atoms with van der Waals surface area (Å²) in [5.41, 5.74) is 1.35. The van der Waals surface area contributed by atoms with Crippen LogP contribution in [-0.2, 0) is 11.3 Å². The number of carbonyl (C=O) groups is 2. The first-order valence-electron chi connectivity index (χ1n) is 8.85. The second-order valence-corrected chi connectivity index (χ2v) is 7.93. The van der Waals surface area contributed by atoms with Crippen LogP contribution in [0.4, 0.5) is 4.79 Å². The molecule has 136 valence electrons. The Balaban J connectivity index is 1.63. The van der Waals surface area contributed by atoms with Crippen molar-refractivity contribution in [3.8, 4) is 0 Å².